The molecule has 11 heteroatoms. The van der Waals surface area contributed by atoms with E-state index >= 15 is 0 Å². The van der Waals surface area contributed by atoms with Crippen molar-refractivity contribution in [3.05, 3.63) is 72.1 Å². The number of rotatable bonds is 10. The quantitative estimate of drug-likeness (QED) is 0.278. The van der Waals surface area contributed by atoms with Gasteiger partial charge in [0.25, 0.3) is 10.0 Å². The van der Waals surface area contributed by atoms with Gasteiger partial charge in [-0.25, -0.2) is 18.1 Å². The van der Waals surface area contributed by atoms with Crippen LogP contribution in [0.2, 0.25) is 0 Å². The summed E-state index contributed by atoms with van der Waals surface area (Å²) in [6.45, 7) is 5.59. The average Bonchev–Trinajstić information content (AvgIpc) is 3.27. The van der Waals surface area contributed by atoms with Gasteiger partial charge in [0.15, 0.2) is 0 Å². The summed E-state index contributed by atoms with van der Waals surface area (Å²) in [6.07, 6.45) is 2.67. The first-order chi connectivity index (χ1) is 17.2. The lowest BCUT2D eigenvalue weighted by Crippen LogP contribution is -2.17. The highest BCUT2D eigenvalue weighted by atomic mass is 32.2. The molecule has 4 rings (SSSR count). The molecule has 2 aromatic heterocycles. The lowest BCUT2D eigenvalue weighted by atomic mass is 10.00. The van der Waals surface area contributed by atoms with Crippen molar-refractivity contribution in [3.63, 3.8) is 0 Å². The number of likely N-dealkylation sites (N-methyl/N-ethyl adjacent to an activating group) is 1. The highest BCUT2D eigenvalue weighted by molar-refractivity contribution is 7.92. The molecule has 0 saturated carbocycles. The molecule has 4 aromatic rings. The molecule has 3 N–H and O–H groups in total. The van der Waals surface area contributed by atoms with Crippen molar-refractivity contribution in [1.82, 2.24) is 25.1 Å². The van der Waals surface area contributed by atoms with Gasteiger partial charge in [0.05, 0.1) is 11.9 Å². The zero-order valence-electron chi connectivity index (χ0n) is 20.6. The lowest BCUT2D eigenvalue weighted by molar-refractivity contribution is 0.463. The van der Waals surface area contributed by atoms with Crippen molar-refractivity contribution >= 4 is 21.7 Å². The summed E-state index contributed by atoms with van der Waals surface area (Å²) in [7, 11) is -0.401. The highest BCUT2D eigenvalue weighted by Crippen LogP contribution is 2.31. The van der Waals surface area contributed by atoms with Crippen LogP contribution in [0.1, 0.15) is 11.1 Å². The molecule has 10 nitrogen and oxygen atoms in total. The van der Waals surface area contributed by atoms with E-state index in [9.17, 15) is 8.42 Å². The number of benzene rings is 2. The maximum Gasteiger partial charge on any atom is 0.267 e. The molecule has 0 saturated heterocycles. The van der Waals surface area contributed by atoms with Gasteiger partial charge in [0.1, 0.15) is 10.6 Å². The number of hydrogen-bond acceptors (Lipinski definition) is 8. The van der Waals surface area contributed by atoms with Gasteiger partial charge in [0, 0.05) is 43.7 Å². The standard InChI is InChI=1S/C25H29N7O3S/c1-17-6-5-7-18(2)24(17)22-14-23(35-20-10-8-19(9-11-20)27-13-12-26-3)30-25(29-22)31-36(33,34)21-15-28-32(4)16-21/h5-11,14-16,26-27H,12-13H2,1-4H3,(H,29,30,31). The Kier molecular flexibility index (Phi) is 7.51. The minimum Gasteiger partial charge on any atom is -0.439 e. The van der Waals surface area contributed by atoms with Gasteiger partial charge in [-0.05, 0) is 56.3 Å². The smallest absolute Gasteiger partial charge is 0.267 e. The second-order valence-electron chi connectivity index (χ2n) is 8.29. The van der Waals surface area contributed by atoms with Crippen LogP contribution in [0.3, 0.4) is 0 Å². The molecular weight excluding hydrogens is 478 g/mol. The van der Waals surface area contributed by atoms with Crippen molar-refractivity contribution in [2.75, 3.05) is 30.2 Å². The van der Waals surface area contributed by atoms with Gasteiger partial charge in [-0.15, -0.1) is 0 Å². The molecule has 0 atom stereocenters. The van der Waals surface area contributed by atoms with Crippen molar-refractivity contribution in [1.29, 1.82) is 0 Å². The maximum absolute atomic E-state index is 12.9. The summed E-state index contributed by atoms with van der Waals surface area (Å²) in [5, 5.41) is 10.3. The number of aryl methyl sites for hydroxylation is 3. The third-order valence-electron chi connectivity index (χ3n) is 5.44. The monoisotopic (exact) mass is 507 g/mol. The fourth-order valence-electron chi connectivity index (χ4n) is 3.68. The Labute approximate surface area is 210 Å². The molecule has 36 heavy (non-hydrogen) atoms. The number of nitrogens with zero attached hydrogens (tertiary/aromatic N) is 4. The molecule has 188 valence electrons. The number of aromatic nitrogens is 4. The van der Waals surface area contributed by atoms with E-state index in [4.69, 9.17) is 4.74 Å². The van der Waals surface area contributed by atoms with E-state index in [1.165, 1.54) is 17.1 Å². The van der Waals surface area contributed by atoms with E-state index in [-0.39, 0.29) is 16.7 Å². The zero-order chi connectivity index (χ0) is 25.7. The minimum atomic E-state index is -3.95. The van der Waals surface area contributed by atoms with Crippen LogP contribution < -0.4 is 20.1 Å². The Bertz CT molecular complexity index is 1430. The molecule has 0 fully saturated rings. The zero-order valence-corrected chi connectivity index (χ0v) is 21.4. The fraction of sp³-hybridized carbons (Fsp3) is 0.240. The minimum absolute atomic E-state index is 0.00917. The Morgan fingerprint density at radius 2 is 1.72 bits per heavy atom. The van der Waals surface area contributed by atoms with E-state index in [1.54, 1.807) is 13.1 Å². The van der Waals surface area contributed by atoms with Crippen LogP contribution in [-0.2, 0) is 17.1 Å². The predicted molar refractivity (Wildman–Crippen MR) is 140 cm³/mol. The van der Waals surface area contributed by atoms with Crippen LogP contribution in [0.25, 0.3) is 11.3 Å². The maximum atomic E-state index is 12.9. The van der Waals surface area contributed by atoms with Crippen molar-refractivity contribution in [2.45, 2.75) is 18.7 Å². The SMILES string of the molecule is CNCCNc1ccc(Oc2cc(-c3c(C)cccc3C)nc(NS(=O)(=O)c3cnn(C)c3)n2)cc1. The Hall–Kier alpha value is -3.96. The van der Waals surface area contributed by atoms with E-state index in [0.29, 0.717) is 11.4 Å². The van der Waals surface area contributed by atoms with E-state index in [0.717, 1.165) is 35.5 Å². The predicted octanol–water partition coefficient (Wildman–Crippen LogP) is 3.72. The summed E-state index contributed by atoms with van der Waals surface area (Å²) in [5.74, 6) is 0.670. The van der Waals surface area contributed by atoms with Crippen LogP contribution in [0.4, 0.5) is 11.6 Å². The first-order valence-corrected chi connectivity index (χ1v) is 12.9. The normalized spacial score (nSPS) is 11.3. The van der Waals surface area contributed by atoms with E-state index < -0.39 is 10.0 Å². The molecule has 0 spiro atoms. The Morgan fingerprint density at radius 3 is 2.36 bits per heavy atom. The summed E-state index contributed by atoms with van der Waals surface area (Å²) in [4.78, 5) is 8.86. The van der Waals surface area contributed by atoms with Gasteiger partial charge in [-0.2, -0.15) is 10.1 Å². The molecule has 0 aliphatic heterocycles. The Balaban J connectivity index is 1.68. The number of nitrogens with one attached hydrogen (secondary N) is 3. The number of ether oxygens (including phenoxy) is 1. The van der Waals surface area contributed by atoms with Crippen molar-refractivity contribution in [3.8, 4) is 22.9 Å². The van der Waals surface area contributed by atoms with Crippen LogP contribution in [0.5, 0.6) is 11.6 Å². The first-order valence-electron chi connectivity index (χ1n) is 11.4. The average molecular weight is 508 g/mol. The third-order valence-corrected chi connectivity index (χ3v) is 6.72. The summed E-state index contributed by atoms with van der Waals surface area (Å²) in [5.41, 5.74) is 4.39. The summed E-state index contributed by atoms with van der Waals surface area (Å²) >= 11 is 0. The molecular formula is C25H29N7O3S. The molecule has 0 bridgehead atoms. The van der Waals surface area contributed by atoms with E-state index in [2.05, 4.69) is 30.4 Å². The van der Waals surface area contributed by atoms with Crippen LogP contribution in [0.15, 0.2) is 65.8 Å². The lowest BCUT2D eigenvalue weighted by Gasteiger charge is -2.14. The van der Waals surface area contributed by atoms with Gasteiger partial charge < -0.3 is 15.4 Å². The van der Waals surface area contributed by atoms with Crippen LogP contribution in [0, 0.1) is 13.8 Å². The van der Waals surface area contributed by atoms with Crippen molar-refractivity contribution in [2.24, 2.45) is 7.05 Å². The van der Waals surface area contributed by atoms with Gasteiger partial charge in [-0.3, -0.25) is 4.68 Å². The Morgan fingerprint density at radius 1 is 1.00 bits per heavy atom. The van der Waals surface area contributed by atoms with Gasteiger partial charge in [-0.1, -0.05) is 18.2 Å². The largest absolute Gasteiger partial charge is 0.439 e. The topological polar surface area (TPSA) is 123 Å². The highest BCUT2D eigenvalue weighted by Gasteiger charge is 2.20. The molecule has 0 aliphatic rings. The summed E-state index contributed by atoms with van der Waals surface area (Å²) in [6, 6.07) is 15.1. The molecule has 2 heterocycles. The van der Waals surface area contributed by atoms with Crippen molar-refractivity contribution < 1.29 is 13.2 Å². The second kappa shape index (κ2) is 10.8. The number of hydrogen-bond donors (Lipinski definition) is 3. The molecule has 2 aromatic carbocycles. The number of anilines is 2. The van der Waals surface area contributed by atoms with Crippen LogP contribution in [-0.4, -0.2) is 48.3 Å². The number of sulfonamides is 1. The third kappa shape index (κ3) is 5.99. The molecule has 0 unspecified atom stereocenters. The van der Waals surface area contributed by atoms with Gasteiger partial charge in [0.2, 0.25) is 11.8 Å². The van der Waals surface area contributed by atoms with Crippen LogP contribution >= 0.6 is 0 Å². The molecule has 0 amide bonds. The molecule has 0 radical (unpaired) electrons. The second-order valence-corrected chi connectivity index (χ2v) is 9.98. The van der Waals surface area contributed by atoms with Gasteiger partial charge >= 0.3 is 0 Å². The van der Waals surface area contributed by atoms with E-state index in [1.807, 2.05) is 63.4 Å². The first kappa shape index (κ1) is 25.1. The fourth-order valence-corrected chi connectivity index (χ4v) is 4.61. The molecule has 0 aliphatic carbocycles. The summed E-state index contributed by atoms with van der Waals surface area (Å²) < 4.78 is 35.7.